The second-order valence-corrected chi connectivity index (χ2v) is 20.1. The zero-order chi connectivity index (χ0) is 39.8. The van der Waals surface area contributed by atoms with Crippen LogP contribution in [0.3, 0.4) is 0 Å². The topological polar surface area (TPSA) is 39.1 Å². The van der Waals surface area contributed by atoms with Crippen LogP contribution in [0.4, 0.5) is 0 Å². The molecule has 0 saturated heterocycles. The van der Waals surface area contributed by atoms with Crippen LogP contribution in [0.15, 0.2) is 237 Å². The van der Waals surface area contributed by atoms with Crippen molar-refractivity contribution in [2.75, 3.05) is 0 Å². The van der Waals surface area contributed by atoms with Crippen molar-refractivity contribution in [3.8, 4) is 27.9 Å². The SMILES string of the molecule is O=P(c1ccccc1)(c1ccccc1)c1ccccc1-c1cccc2c3cccc(-c4ccccc4P(=O)(c4ccccc4)c4ccccc4)c3n(-c3ccccc3)c12. The number of fused-ring (bicyclic) bond motifs is 3. The van der Waals surface area contributed by atoms with Gasteiger partial charge in [0.05, 0.1) is 11.0 Å². The Morgan fingerprint density at radius 2 is 0.559 bits per heavy atom. The van der Waals surface area contributed by atoms with E-state index in [1.54, 1.807) is 0 Å². The molecule has 1 aromatic heterocycles. The van der Waals surface area contributed by atoms with E-state index in [1.807, 2.05) is 164 Å². The lowest BCUT2D eigenvalue weighted by molar-refractivity contribution is 0.591. The van der Waals surface area contributed by atoms with E-state index in [9.17, 15) is 0 Å². The van der Waals surface area contributed by atoms with Crippen molar-refractivity contribution in [1.29, 1.82) is 0 Å². The lowest BCUT2D eigenvalue weighted by Gasteiger charge is -2.24. The van der Waals surface area contributed by atoms with Crippen LogP contribution < -0.4 is 31.8 Å². The van der Waals surface area contributed by atoms with E-state index in [4.69, 9.17) is 0 Å². The first kappa shape index (κ1) is 36.6. The normalized spacial score (nSPS) is 11.9. The van der Waals surface area contributed by atoms with Crippen LogP contribution in [-0.4, -0.2) is 4.57 Å². The Labute approximate surface area is 344 Å². The van der Waals surface area contributed by atoms with Gasteiger partial charge in [0.25, 0.3) is 0 Å². The molecular formula is C54H39NO2P2. The molecule has 0 aliphatic heterocycles. The van der Waals surface area contributed by atoms with Crippen molar-refractivity contribution in [2.45, 2.75) is 0 Å². The highest BCUT2D eigenvalue weighted by Gasteiger charge is 2.35. The maximum Gasteiger partial charge on any atom is 0.171 e. The average Bonchev–Trinajstić information content (AvgIpc) is 3.67. The molecule has 0 saturated carbocycles. The molecule has 0 amide bonds. The third-order valence-corrected chi connectivity index (χ3v) is 17.6. The zero-order valence-electron chi connectivity index (χ0n) is 32.2. The number of nitrogens with zero attached hydrogens (tertiary/aromatic N) is 1. The van der Waals surface area contributed by atoms with Crippen LogP contribution in [-0.2, 0) is 9.13 Å². The Bertz CT molecular complexity index is 2920. The van der Waals surface area contributed by atoms with Gasteiger partial charge in [-0.15, -0.1) is 0 Å². The van der Waals surface area contributed by atoms with Gasteiger partial charge in [-0.2, -0.15) is 0 Å². The largest absolute Gasteiger partial charge is 0.309 e. The Morgan fingerprint density at radius 1 is 0.271 bits per heavy atom. The van der Waals surface area contributed by atoms with E-state index in [1.165, 1.54) is 0 Å². The van der Waals surface area contributed by atoms with Gasteiger partial charge in [0.2, 0.25) is 0 Å². The van der Waals surface area contributed by atoms with Gasteiger partial charge < -0.3 is 13.7 Å². The van der Waals surface area contributed by atoms with Crippen molar-refractivity contribution in [1.82, 2.24) is 4.57 Å². The van der Waals surface area contributed by atoms with Gasteiger partial charge in [0.1, 0.15) is 0 Å². The summed E-state index contributed by atoms with van der Waals surface area (Å²) in [6.07, 6.45) is 0. The quantitative estimate of drug-likeness (QED) is 0.137. The Morgan fingerprint density at radius 3 is 0.915 bits per heavy atom. The molecule has 9 aromatic carbocycles. The molecule has 282 valence electrons. The van der Waals surface area contributed by atoms with Crippen molar-refractivity contribution >= 4 is 67.9 Å². The standard InChI is InChI=1S/C54H39NO2P2/c56-58(41-24-8-2-9-25-41,42-26-10-3-11-27-42)51-38-18-16-32-45(51)47-34-20-36-49-50-37-21-35-48(54(50)55(53(47)49)40-22-6-1-7-23-40)46-33-17-19-39-52(46)59(57,43-28-12-4-13-29-43)44-30-14-5-15-31-44/h1-39H. The number of para-hydroxylation sites is 3. The predicted octanol–water partition coefficient (Wildman–Crippen LogP) is 11.4. The van der Waals surface area contributed by atoms with Gasteiger partial charge in [0.15, 0.2) is 14.3 Å². The van der Waals surface area contributed by atoms with Gasteiger partial charge in [0, 0.05) is 59.4 Å². The molecule has 10 aromatic rings. The second kappa shape index (κ2) is 15.2. The van der Waals surface area contributed by atoms with Crippen LogP contribution in [0, 0.1) is 0 Å². The molecule has 0 fully saturated rings. The number of hydrogen-bond acceptors (Lipinski definition) is 2. The molecule has 0 aliphatic carbocycles. The number of benzene rings is 9. The van der Waals surface area contributed by atoms with E-state index in [2.05, 4.69) is 77.4 Å². The Hall–Kier alpha value is -6.76. The molecule has 0 aliphatic rings. The minimum absolute atomic E-state index is 0.784. The molecule has 3 nitrogen and oxygen atoms in total. The van der Waals surface area contributed by atoms with Crippen molar-refractivity contribution in [2.24, 2.45) is 0 Å². The maximum absolute atomic E-state index is 16.0. The summed E-state index contributed by atoms with van der Waals surface area (Å²) >= 11 is 0. The molecule has 0 N–H and O–H groups in total. The van der Waals surface area contributed by atoms with Gasteiger partial charge in [-0.3, -0.25) is 0 Å². The lowest BCUT2D eigenvalue weighted by Crippen LogP contribution is -2.26. The van der Waals surface area contributed by atoms with Gasteiger partial charge in [-0.1, -0.05) is 224 Å². The van der Waals surface area contributed by atoms with Crippen LogP contribution in [0.25, 0.3) is 49.7 Å². The second-order valence-electron chi connectivity index (χ2n) is 14.7. The van der Waals surface area contributed by atoms with Gasteiger partial charge in [-0.05, 0) is 23.3 Å². The first-order valence-electron chi connectivity index (χ1n) is 19.8. The monoisotopic (exact) mass is 795 g/mol. The summed E-state index contributed by atoms with van der Waals surface area (Å²) in [6, 6.07) is 79.3. The summed E-state index contributed by atoms with van der Waals surface area (Å²) in [7, 11) is -6.72. The van der Waals surface area contributed by atoms with E-state index < -0.39 is 14.3 Å². The summed E-state index contributed by atoms with van der Waals surface area (Å²) in [5, 5.41) is 6.85. The fourth-order valence-electron chi connectivity index (χ4n) is 8.74. The lowest BCUT2D eigenvalue weighted by atomic mass is 10.00. The molecule has 0 radical (unpaired) electrons. The van der Waals surface area contributed by atoms with Gasteiger partial charge >= 0.3 is 0 Å². The number of rotatable bonds is 9. The summed E-state index contributed by atoms with van der Waals surface area (Å²) in [4.78, 5) is 0. The van der Waals surface area contributed by atoms with Crippen molar-refractivity contribution < 1.29 is 9.13 Å². The van der Waals surface area contributed by atoms with Crippen LogP contribution in [0.1, 0.15) is 0 Å². The first-order chi connectivity index (χ1) is 29.1. The summed E-state index contributed by atoms with van der Waals surface area (Å²) in [5.74, 6) is 0. The highest BCUT2D eigenvalue weighted by Crippen LogP contribution is 2.49. The molecule has 1 heterocycles. The van der Waals surface area contributed by atoms with Crippen LogP contribution in [0.2, 0.25) is 0 Å². The maximum atomic E-state index is 16.0. The molecule has 0 unspecified atom stereocenters. The predicted molar refractivity (Wildman–Crippen MR) is 250 cm³/mol. The van der Waals surface area contributed by atoms with E-state index in [0.29, 0.717) is 0 Å². The molecular weight excluding hydrogens is 757 g/mol. The smallest absolute Gasteiger partial charge is 0.171 e. The number of hydrogen-bond donors (Lipinski definition) is 0. The van der Waals surface area contributed by atoms with E-state index in [0.717, 1.165) is 81.6 Å². The molecule has 0 spiro atoms. The van der Waals surface area contributed by atoms with E-state index in [-0.39, 0.29) is 0 Å². The molecule has 10 rings (SSSR count). The Balaban J connectivity index is 1.30. The minimum atomic E-state index is -3.36. The average molecular weight is 796 g/mol. The van der Waals surface area contributed by atoms with Gasteiger partial charge in [-0.25, -0.2) is 0 Å². The Kier molecular flexibility index (Phi) is 9.42. The van der Waals surface area contributed by atoms with Crippen molar-refractivity contribution in [3.63, 3.8) is 0 Å². The van der Waals surface area contributed by atoms with Crippen LogP contribution in [0.5, 0.6) is 0 Å². The summed E-state index contributed by atoms with van der Waals surface area (Å²) in [5.41, 5.74) is 6.78. The highest BCUT2D eigenvalue weighted by atomic mass is 31.2. The van der Waals surface area contributed by atoms with Crippen LogP contribution >= 0.6 is 14.3 Å². The van der Waals surface area contributed by atoms with E-state index >= 15 is 9.13 Å². The molecule has 59 heavy (non-hydrogen) atoms. The fourth-order valence-corrected chi connectivity index (χ4v) is 14.5. The highest BCUT2D eigenvalue weighted by molar-refractivity contribution is 7.86. The summed E-state index contributed by atoms with van der Waals surface area (Å²) in [6.45, 7) is 0. The zero-order valence-corrected chi connectivity index (χ0v) is 34.0. The first-order valence-corrected chi connectivity index (χ1v) is 23.2. The molecule has 5 heteroatoms. The molecule has 0 atom stereocenters. The number of aromatic nitrogens is 1. The molecule has 0 bridgehead atoms. The third kappa shape index (κ3) is 6.06. The fraction of sp³-hybridized carbons (Fsp3) is 0. The summed E-state index contributed by atoms with van der Waals surface area (Å²) < 4.78 is 34.4. The van der Waals surface area contributed by atoms with Crippen molar-refractivity contribution in [3.05, 3.63) is 237 Å². The minimum Gasteiger partial charge on any atom is -0.309 e. The third-order valence-electron chi connectivity index (χ3n) is 11.4.